The van der Waals surface area contributed by atoms with Gasteiger partial charge in [-0.15, -0.1) is 0 Å². The van der Waals surface area contributed by atoms with Gasteiger partial charge in [-0.25, -0.2) is 9.97 Å². The van der Waals surface area contributed by atoms with E-state index >= 15 is 0 Å². The molecule has 0 aliphatic carbocycles. The van der Waals surface area contributed by atoms with Crippen LogP contribution in [-0.2, 0) is 6.54 Å². The average molecular weight is 311 g/mol. The summed E-state index contributed by atoms with van der Waals surface area (Å²) in [6.45, 7) is 3.57. The Morgan fingerprint density at radius 3 is 3.00 bits per heavy atom. The van der Waals surface area contributed by atoms with Gasteiger partial charge < -0.3 is 10.6 Å². The Hall–Kier alpha value is -2.31. The summed E-state index contributed by atoms with van der Waals surface area (Å²) >= 11 is 0. The monoisotopic (exact) mass is 311 g/mol. The molecule has 0 radical (unpaired) electrons. The molecule has 2 aromatic rings. The van der Waals surface area contributed by atoms with Gasteiger partial charge >= 0.3 is 0 Å². The lowest BCUT2D eigenvalue weighted by atomic mass is 10.00. The molecule has 6 heteroatoms. The number of carbonyl (C=O) groups excluding carboxylic acids is 1. The van der Waals surface area contributed by atoms with Gasteiger partial charge in [-0.2, -0.15) is 0 Å². The van der Waals surface area contributed by atoms with E-state index in [9.17, 15) is 4.79 Å². The molecule has 1 amide bonds. The predicted octanol–water partition coefficient (Wildman–Crippen LogP) is 0.983. The first-order chi connectivity index (χ1) is 11.3. The van der Waals surface area contributed by atoms with Gasteiger partial charge in [0.05, 0.1) is 0 Å². The van der Waals surface area contributed by atoms with Crippen LogP contribution in [0.4, 0.5) is 0 Å². The van der Waals surface area contributed by atoms with Gasteiger partial charge in [-0.3, -0.25) is 9.69 Å². The fourth-order valence-corrected chi connectivity index (χ4v) is 2.94. The van der Waals surface area contributed by atoms with E-state index in [1.807, 2.05) is 30.6 Å². The second-order valence-electron chi connectivity index (χ2n) is 5.64. The van der Waals surface area contributed by atoms with Crippen LogP contribution >= 0.6 is 0 Å². The van der Waals surface area contributed by atoms with Crippen LogP contribution in [0.5, 0.6) is 0 Å². The summed E-state index contributed by atoms with van der Waals surface area (Å²) in [5, 5.41) is 6.12. The molecule has 1 aliphatic heterocycles. The van der Waals surface area contributed by atoms with E-state index in [0.717, 1.165) is 37.3 Å². The van der Waals surface area contributed by atoms with Crippen molar-refractivity contribution < 1.29 is 4.79 Å². The van der Waals surface area contributed by atoms with Crippen molar-refractivity contribution in [3.05, 3.63) is 59.7 Å². The van der Waals surface area contributed by atoms with E-state index in [-0.39, 0.29) is 11.9 Å². The number of rotatable bonds is 4. The van der Waals surface area contributed by atoms with E-state index < -0.39 is 0 Å². The van der Waals surface area contributed by atoms with Crippen LogP contribution in [0, 0.1) is 0 Å². The minimum absolute atomic E-state index is 0.0568. The SMILES string of the molecule is CNC(=O)c1cccc([C@H]2CNCCN2Cc2cncnc2)c1. The highest BCUT2D eigenvalue weighted by Gasteiger charge is 2.24. The molecular weight excluding hydrogens is 290 g/mol. The first-order valence-electron chi connectivity index (χ1n) is 7.78. The Balaban J connectivity index is 1.82. The zero-order valence-corrected chi connectivity index (χ0v) is 13.2. The third kappa shape index (κ3) is 3.72. The second-order valence-corrected chi connectivity index (χ2v) is 5.64. The van der Waals surface area contributed by atoms with Crippen molar-refractivity contribution in [3.8, 4) is 0 Å². The molecule has 6 nitrogen and oxygen atoms in total. The van der Waals surface area contributed by atoms with E-state index in [0.29, 0.717) is 5.56 Å². The van der Waals surface area contributed by atoms with Gasteiger partial charge in [0.2, 0.25) is 0 Å². The molecule has 1 atom stereocenters. The molecule has 120 valence electrons. The maximum atomic E-state index is 11.9. The lowest BCUT2D eigenvalue weighted by Gasteiger charge is -2.36. The summed E-state index contributed by atoms with van der Waals surface area (Å²) in [6.07, 6.45) is 5.26. The number of amides is 1. The van der Waals surface area contributed by atoms with E-state index in [1.54, 1.807) is 13.4 Å². The van der Waals surface area contributed by atoms with Crippen molar-refractivity contribution in [1.82, 2.24) is 25.5 Å². The molecule has 1 aliphatic rings. The first kappa shape index (κ1) is 15.6. The molecule has 2 heterocycles. The van der Waals surface area contributed by atoms with Gasteiger partial charge in [0.15, 0.2) is 0 Å². The summed E-state index contributed by atoms with van der Waals surface area (Å²) in [5.41, 5.74) is 2.94. The van der Waals surface area contributed by atoms with E-state index in [2.05, 4.69) is 31.6 Å². The number of hydrogen-bond donors (Lipinski definition) is 2. The van der Waals surface area contributed by atoms with Crippen molar-refractivity contribution in [2.45, 2.75) is 12.6 Å². The lowest BCUT2D eigenvalue weighted by molar-refractivity contribution is 0.0962. The molecule has 3 rings (SSSR count). The van der Waals surface area contributed by atoms with Crippen LogP contribution in [0.3, 0.4) is 0 Å². The highest BCUT2D eigenvalue weighted by atomic mass is 16.1. The number of piperazine rings is 1. The predicted molar refractivity (Wildman–Crippen MR) is 87.9 cm³/mol. The van der Waals surface area contributed by atoms with E-state index in [4.69, 9.17) is 0 Å². The van der Waals surface area contributed by atoms with Gasteiger partial charge in [-0.1, -0.05) is 12.1 Å². The Morgan fingerprint density at radius 1 is 1.39 bits per heavy atom. The van der Waals surface area contributed by atoms with Gasteiger partial charge in [-0.05, 0) is 17.7 Å². The summed E-state index contributed by atoms with van der Waals surface area (Å²) in [5.74, 6) is -0.0568. The summed E-state index contributed by atoms with van der Waals surface area (Å²) in [7, 11) is 1.65. The highest BCUT2D eigenvalue weighted by Crippen LogP contribution is 2.24. The number of nitrogens with zero attached hydrogens (tertiary/aromatic N) is 3. The minimum Gasteiger partial charge on any atom is -0.355 e. The molecule has 23 heavy (non-hydrogen) atoms. The second kappa shape index (κ2) is 7.30. The number of hydrogen-bond acceptors (Lipinski definition) is 5. The Morgan fingerprint density at radius 2 is 2.22 bits per heavy atom. The molecule has 1 aromatic heterocycles. The standard InChI is InChI=1S/C17H21N5O/c1-18-17(23)15-4-2-3-14(7-15)16-10-19-5-6-22(16)11-13-8-20-12-21-9-13/h2-4,7-9,12,16,19H,5-6,10-11H2,1H3,(H,18,23)/t16-/m1/s1. The fraction of sp³-hybridized carbons (Fsp3) is 0.353. The molecule has 0 unspecified atom stereocenters. The quantitative estimate of drug-likeness (QED) is 0.881. The summed E-state index contributed by atoms with van der Waals surface area (Å²) in [6, 6.07) is 8.07. The molecule has 2 N–H and O–H groups in total. The van der Waals surface area contributed by atoms with Crippen molar-refractivity contribution in [2.75, 3.05) is 26.7 Å². The first-order valence-corrected chi connectivity index (χ1v) is 7.78. The van der Waals surface area contributed by atoms with Crippen molar-refractivity contribution >= 4 is 5.91 Å². The van der Waals surface area contributed by atoms with Crippen LogP contribution in [0.15, 0.2) is 43.0 Å². The van der Waals surface area contributed by atoms with Gasteiger partial charge in [0.25, 0.3) is 5.91 Å². The molecule has 0 spiro atoms. The van der Waals surface area contributed by atoms with E-state index in [1.165, 1.54) is 0 Å². The Bertz CT molecular complexity index is 661. The Labute approximate surface area is 135 Å². The molecule has 1 saturated heterocycles. The molecular formula is C17H21N5O. The zero-order valence-electron chi connectivity index (χ0n) is 13.2. The van der Waals surface area contributed by atoms with Crippen LogP contribution in [-0.4, -0.2) is 47.5 Å². The number of nitrogens with one attached hydrogen (secondary N) is 2. The Kier molecular flexibility index (Phi) is 4.95. The van der Waals surface area contributed by atoms with Gasteiger partial charge in [0, 0.05) is 62.8 Å². The maximum Gasteiger partial charge on any atom is 0.251 e. The minimum atomic E-state index is -0.0568. The number of benzene rings is 1. The average Bonchev–Trinajstić information content (AvgIpc) is 2.62. The third-order valence-corrected chi connectivity index (χ3v) is 4.11. The van der Waals surface area contributed by atoms with Crippen LogP contribution in [0.1, 0.15) is 27.5 Å². The normalized spacial score (nSPS) is 18.6. The van der Waals surface area contributed by atoms with Crippen LogP contribution in [0.2, 0.25) is 0 Å². The van der Waals surface area contributed by atoms with Crippen molar-refractivity contribution in [2.24, 2.45) is 0 Å². The van der Waals surface area contributed by atoms with Crippen LogP contribution in [0.25, 0.3) is 0 Å². The van der Waals surface area contributed by atoms with Crippen molar-refractivity contribution in [3.63, 3.8) is 0 Å². The lowest BCUT2D eigenvalue weighted by Crippen LogP contribution is -2.45. The molecule has 0 saturated carbocycles. The molecule has 1 fully saturated rings. The molecule has 0 bridgehead atoms. The highest BCUT2D eigenvalue weighted by molar-refractivity contribution is 5.94. The van der Waals surface area contributed by atoms with Crippen molar-refractivity contribution in [1.29, 1.82) is 0 Å². The topological polar surface area (TPSA) is 70.2 Å². The number of aromatic nitrogens is 2. The smallest absolute Gasteiger partial charge is 0.251 e. The number of carbonyl (C=O) groups is 1. The largest absolute Gasteiger partial charge is 0.355 e. The van der Waals surface area contributed by atoms with Gasteiger partial charge in [0.1, 0.15) is 6.33 Å². The summed E-state index contributed by atoms with van der Waals surface area (Å²) < 4.78 is 0. The third-order valence-electron chi connectivity index (χ3n) is 4.11. The summed E-state index contributed by atoms with van der Waals surface area (Å²) in [4.78, 5) is 22.4. The van der Waals surface area contributed by atoms with Crippen LogP contribution < -0.4 is 10.6 Å². The maximum absolute atomic E-state index is 11.9. The molecule has 1 aromatic carbocycles. The fourth-order valence-electron chi connectivity index (χ4n) is 2.94. The zero-order chi connectivity index (χ0) is 16.1.